The lowest BCUT2D eigenvalue weighted by Gasteiger charge is -2.15. The van der Waals surface area contributed by atoms with Crippen molar-refractivity contribution in [2.75, 3.05) is 11.5 Å². The number of hydrogen-bond acceptors (Lipinski definition) is 4. The van der Waals surface area contributed by atoms with Gasteiger partial charge in [0.1, 0.15) is 22.3 Å². The predicted octanol–water partition coefficient (Wildman–Crippen LogP) is 5.79. The van der Waals surface area contributed by atoms with E-state index in [4.69, 9.17) is 21.1 Å². The van der Waals surface area contributed by atoms with Gasteiger partial charge in [-0.1, -0.05) is 48.9 Å². The molecule has 0 N–H and O–H groups in total. The van der Waals surface area contributed by atoms with Gasteiger partial charge in [0.2, 0.25) is 0 Å². The molecule has 0 radical (unpaired) electrons. The van der Waals surface area contributed by atoms with Gasteiger partial charge >= 0.3 is 0 Å². The molecule has 1 aliphatic rings. The lowest BCUT2D eigenvalue weighted by Crippen LogP contribution is -2.31. The summed E-state index contributed by atoms with van der Waals surface area (Å²) in [5, 5.41) is -0.100. The summed E-state index contributed by atoms with van der Waals surface area (Å²) in [4.78, 5) is 26.9. The third-order valence-electron chi connectivity index (χ3n) is 4.72. The number of hydrogen-bond donors (Lipinski definition) is 0. The molecule has 1 heterocycles. The molecule has 2 amide bonds. The Labute approximate surface area is 185 Å². The summed E-state index contributed by atoms with van der Waals surface area (Å²) in [7, 11) is 0. The van der Waals surface area contributed by atoms with Gasteiger partial charge in [0.25, 0.3) is 11.8 Å². The Hall–Kier alpha value is -3.57. The molecule has 0 saturated heterocycles. The Morgan fingerprint density at radius 3 is 2.03 bits per heavy atom. The van der Waals surface area contributed by atoms with Crippen LogP contribution in [0.3, 0.4) is 0 Å². The number of imide groups is 1. The summed E-state index contributed by atoms with van der Waals surface area (Å²) in [6.07, 6.45) is 0.899. The third kappa shape index (κ3) is 4.32. The highest BCUT2D eigenvalue weighted by Gasteiger charge is 2.39. The van der Waals surface area contributed by atoms with Crippen LogP contribution in [-0.4, -0.2) is 18.4 Å². The fourth-order valence-electron chi connectivity index (χ4n) is 3.21. The Balaban J connectivity index is 1.53. The largest absolute Gasteiger partial charge is 0.494 e. The topological polar surface area (TPSA) is 55.8 Å². The fraction of sp³-hybridized carbons (Fsp3) is 0.120. The molecule has 4 rings (SSSR count). The molecule has 5 nitrogen and oxygen atoms in total. The van der Waals surface area contributed by atoms with E-state index in [0.29, 0.717) is 35.1 Å². The Kier molecular flexibility index (Phi) is 6.05. The molecule has 3 aromatic carbocycles. The monoisotopic (exact) mass is 433 g/mol. The number of nitrogens with zero attached hydrogens (tertiary/aromatic N) is 1. The van der Waals surface area contributed by atoms with Gasteiger partial charge < -0.3 is 9.47 Å². The number of rotatable bonds is 7. The number of anilines is 1. The zero-order valence-corrected chi connectivity index (χ0v) is 17.6. The normalized spacial score (nSPS) is 13.7. The quantitative estimate of drug-likeness (QED) is 0.442. The second-order valence-electron chi connectivity index (χ2n) is 6.92. The van der Waals surface area contributed by atoms with Gasteiger partial charge in [-0.25, -0.2) is 4.90 Å². The molecule has 6 heteroatoms. The van der Waals surface area contributed by atoms with Crippen molar-refractivity contribution in [1.29, 1.82) is 0 Å². The molecule has 3 aromatic rings. The van der Waals surface area contributed by atoms with E-state index in [1.165, 1.54) is 0 Å². The lowest BCUT2D eigenvalue weighted by atomic mass is 10.1. The van der Waals surface area contributed by atoms with Crippen molar-refractivity contribution < 1.29 is 19.1 Å². The van der Waals surface area contributed by atoms with Crippen LogP contribution in [0.1, 0.15) is 18.9 Å². The van der Waals surface area contributed by atoms with Crippen molar-refractivity contribution in [3.8, 4) is 17.2 Å². The van der Waals surface area contributed by atoms with Crippen LogP contribution >= 0.6 is 11.6 Å². The third-order valence-corrected chi connectivity index (χ3v) is 5.07. The molecule has 0 aliphatic carbocycles. The van der Waals surface area contributed by atoms with E-state index in [-0.39, 0.29) is 10.6 Å². The standard InChI is InChI=1S/C25H20ClNO4/c1-2-16-30-19-12-8-17(9-13-19)22-23(26)25(29)27(24(22)28)18-10-14-21(15-11-18)31-20-6-4-3-5-7-20/h3-15H,2,16H2,1H3. The molecule has 31 heavy (non-hydrogen) atoms. The average molecular weight is 434 g/mol. The summed E-state index contributed by atoms with van der Waals surface area (Å²) in [5.41, 5.74) is 1.17. The Morgan fingerprint density at radius 1 is 0.774 bits per heavy atom. The van der Waals surface area contributed by atoms with Gasteiger partial charge in [0.05, 0.1) is 17.9 Å². The molecule has 0 bridgehead atoms. The maximum Gasteiger partial charge on any atom is 0.277 e. The highest BCUT2D eigenvalue weighted by molar-refractivity contribution is 6.60. The molecule has 156 valence electrons. The molecular weight excluding hydrogens is 414 g/mol. The molecule has 1 aliphatic heterocycles. The van der Waals surface area contributed by atoms with Gasteiger partial charge in [-0.2, -0.15) is 0 Å². The van der Waals surface area contributed by atoms with Crippen LogP contribution in [0.4, 0.5) is 5.69 Å². The first kappa shape index (κ1) is 20.7. The smallest absolute Gasteiger partial charge is 0.277 e. The summed E-state index contributed by atoms with van der Waals surface area (Å²) in [5.74, 6) is 0.974. The van der Waals surface area contributed by atoms with Crippen LogP contribution in [0.2, 0.25) is 0 Å². The van der Waals surface area contributed by atoms with E-state index in [0.717, 1.165) is 11.3 Å². The van der Waals surface area contributed by atoms with E-state index < -0.39 is 11.8 Å². The number of benzene rings is 3. The van der Waals surface area contributed by atoms with Crippen LogP contribution in [0.25, 0.3) is 5.57 Å². The van der Waals surface area contributed by atoms with E-state index in [1.54, 1.807) is 48.5 Å². The highest BCUT2D eigenvalue weighted by atomic mass is 35.5. The van der Waals surface area contributed by atoms with Crippen molar-refractivity contribution in [1.82, 2.24) is 0 Å². The lowest BCUT2D eigenvalue weighted by molar-refractivity contribution is -0.119. The number of para-hydroxylation sites is 1. The first-order valence-electron chi connectivity index (χ1n) is 9.93. The van der Waals surface area contributed by atoms with Gasteiger partial charge in [-0.15, -0.1) is 0 Å². The van der Waals surface area contributed by atoms with E-state index in [9.17, 15) is 9.59 Å². The van der Waals surface area contributed by atoms with Crippen molar-refractivity contribution >= 4 is 34.7 Å². The van der Waals surface area contributed by atoms with Crippen molar-refractivity contribution in [2.45, 2.75) is 13.3 Å². The molecule has 0 unspecified atom stereocenters. The van der Waals surface area contributed by atoms with Gasteiger partial charge in [0, 0.05) is 0 Å². The summed E-state index contributed by atoms with van der Waals surface area (Å²) in [6, 6.07) is 23.0. The SMILES string of the molecule is CCCOc1ccc(C2=C(Cl)C(=O)N(c3ccc(Oc4ccccc4)cc3)C2=O)cc1. The van der Waals surface area contributed by atoms with Gasteiger partial charge in [-0.3, -0.25) is 9.59 Å². The second-order valence-corrected chi connectivity index (χ2v) is 7.29. The molecule has 0 fully saturated rings. The zero-order chi connectivity index (χ0) is 21.8. The molecule has 0 spiro atoms. The maximum absolute atomic E-state index is 13.1. The molecular formula is C25H20ClNO4. The Bertz CT molecular complexity index is 1120. The number of carbonyl (C=O) groups is 2. The van der Waals surface area contributed by atoms with Crippen LogP contribution in [-0.2, 0) is 9.59 Å². The Morgan fingerprint density at radius 2 is 1.39 bits per heavy atom. The summed E-state index contributed by atoms with van der Waals surface area (Å²) in [6.45, 7) is 2.63. The van der Waals surface area contributed by atoms with Crippen molar-refractivity contribution in [2.24, 2.45) is 0 Å². The van der Waals surface area contributed by atoms with Crippen LogP contribution in [0.15, 0.2) is 83.9 Å². The predicted molar refractivity (Wildman–Crippen MR) is 120 cm³/mol. The molecule has 0 aromatic heterocycles. The van der Waals surface area contributed by atoms with E-state index in [2.05, 4.69) is 0 Å². The van der Waals surface area contributed by atoms with Gasteiger partial charge in [-0.05, 0) is 60.5 Å². The number of ether oxygens (including phenoxy) is 2. The van der Waals surface area contributed by atoms with Crippen LogP contribution < -0.4 is 14.4 Å². The van der Waals surface area contributed by atoms with E-state index in [1.807, 2.05) is 37.3 Å². The summed E-state index contributed by atoms with van der Waals surface area (Å²) < 4.78 is 11.3. The van der Waals surface area contributed by atoms with Crippen LogP contribution in [0, 0.1) is 0 Å². The van der Waals surface area contributed by atoms with Gasteiger partial charge in [0.15, 0.2) is 0 Å². The highest BCUT2D eigenvalue weighted by Crippen LogP contribution is 2.36. The molecule has 0 atom stereocenters. The molecule has 0 saturated carbocycles. The fourth-order valence-corrected chi connectivity index (χ4v) is 3.49. The number of amides is 2. The minimum atomic E-state index is -0.551. The minimum Gasteiger partial charge on any atom is -0.494 e. The second kappa shape index (κ2) is 9.06. The van der Waals surface area contributed by atoms with E-state index >= 15 is 0 Å². The summed E-state index contributed by atoms with van der Waals surface area (Å²) >= 11 is 6.28. The first-order chi connectivity index (χ1) is 15.1. The zero-order valence-electron chi connectivity index (χ0n) is 16.9. The van der Waals surface area contributed by atoms with Crippen LogP contribution in [0.5, 0.6) is 17.2 Å². The maximum atomic E-state index is 13.1. The van der Waals surface area contributed by atoms with Crippen molar-refractivity contribution in [3.63, 3.8) is 0 Å². The van der Waals surface area contributed by atoms with Crippen molar-refractivity contribution in [3.05, 3.63) is 89.5 Å². The first-order valence-corrected chi connectivity index (χ1v) is 10.3. The average Bonchev–Trinajstić information content (AvgIpc) is 3.02. The minimum absolute atomic E-state index is 0.100. The number of carbonyl (C=O) groups excluding carboxylic acids is 2. The number of halogens is 1.